The third-order valence-electron chi connectivity index (χ3n) is 2.75. The highest BCUT2D eigenvalue weighted by Crippen LogP contribution is 2.27. The van der Waals surface area contributed by atoms with Crippen LogP contribution in [0.25, 0.3) is 0 Å². The van der Waals surface area contributed by atoms with Crippen molar-refractivity contribution in [2.75, 3.05) is 0 Å². The Balaban J connectivity index is 1.89. The minimum atomic E-state index is 0.408. The third-order valence-corrected chi connectivity index (χ3v) is 2.93. The van der Waals surface area contributed by atoms with Crippen LogP contribution in [0.1, 0.15) is 37.8 Å². The number of hydrogen-bond donors (Lipinski definition) is 0. The molecule has 0 bridgehead atoms. The molecule has 1 aliphatic carbocycles. The Labute approximate surface area is 83.2 Å². The van der Waals surface area contributed by atoms with Crippen molar-refractivity contribution >= 4 is 11.6 Å². The maximum atomic E-state index is 5.65. The second kappa shape index (κ2) is 4.14. The SMILES string of the molecule is Clc1cc(CC2CCCCC2)no1. The molecule has 1 heterocycles. The smallest absolute Gasteiger partial charge is 0.226 e. The predicted octanol–water partition coefficient (Wildman–Crippen LogP) is 3.45. The number of aromatic nitrogens is 1. The molecule has 2 nitrogen and oxygen atoms in total. The molecule has 0 radical (unpaired) electrons. The van der Waals surface area contributed by atoms with Gasteiger partial charge in [-0.25, -0.2) is 0 Å². The van der Waals surface area contributed by atoms with Gasteiger partial charge >= 0.3 is 0 Å². The minimum Gasteiger partial charge on any atom is -0.344 e. The summed E-state index contributed by atoms with van der Waals surface area (Å²) in [5.41, 5.74) is 1.01. The molecule has 1 aliphatic rings. The van der Waals surface area contributed by atoms with Crippen molar-refractivity contribution in [2.45, 2.75) is 38.5 Å². The van der Waals surface area contributed by atoms with E-state index in [0.717, 1.165) is 18.0 Å². The summed E-state index contributed by atoms with van der Waals surface area (Å²) in [5, 5.41) is 4.31. The first-order valence-electron chi connectivity index (χ1n) is 4.95. The molecule has 0 amide bonds. The summed E-state index contributed by atoms with van der Waals surface area (Å²) >= 11 is 5.65. The summed E-state index contributed by atoms with van der Waals surface area (Å²) in [5.74, 6) is 0.801. The lowest BCUT2D eigenvalue weighted by Gasteiger charge is -2.19. The molecule has 0 unspecified atom stereocenters. The van der Waals surface area contributed by atoms with Gasteiger partial charge < -0.3 is 4.52 Å². The molecule has 0 N–H and O–H groups in total. The van der Waals surface area contributed by atoms with Gasteiger partial charge in [0.1, 0.15) is 0 Å². The van der Waals surface area contributed by atoms with Crippen LogP contribution < -0.4 is 0 Å². The highest BCUT2D eigenvalue weighted by Gasteiger charge is 2.15. The molecule has 3 heteroatoms. The Bertz CT molecular complexity index is 266. The van der Waals surface area contributed by atoms with Gasteiger partial charge in [0.2, 0.25) is 5.22 Å². The minimum absolute atomic E-state index is 0.408. The summed E-state index contributed by atoms with van der Waals surface area (Å²) in [7, 11) is 0. The molecule has 13 heavy (non-hydrogen) atoms. The molecule has 0 spiro atoms. The first-order chi connectivity index (χ1) is 6.34. The summed E-state index contributed by atoms with van der Waals surface area (Å²) in [4.78, 5) is 0. The van der Waals surface area contributed by atoms with Gasteiger partial charge in [-0.15, -0.1) is 0 Å². The number of halogens is 1. The average Bonchev–Trinajstić information content (AvgIpc) is 2.53. The lowest BCUT2D eigenvalue weighted by molar-refractivity contribution is 0.343. The van der Waals surface area contributed by atoms with Gasteiger partial charge in [-0.1, -0.05) is 37.3 Å². The van der Waals surface area contributed by atoms with Gasteiger partial charge in [-0.2, -0.15) is 0 Å². The van der Waals surface area contributed by atoms with Crippen LogP contribution in [0.5, 0.6) is 0 Å². The van der Waals surface area contributed by atoms with Crippen LogP contribution in [-0.4, -0.2) is 5.16 Å². The van der Waals surface area contributed by atoms with E-state index in [1.165, 1.54) is 32.1 Å². The van der Waals surface area contributed by atoms with Crippen LogP contribution >= 0.6 is 11.6 Å². The van der Waals surface area contributed by atoms with Crippen molar-refractivity contribution in [3.8, 4) is 0 Å². The van der Waals surface area contributed by atoms with Crippen molar-refractivity contribution in [1.29, 1.82) is 0 Å². The van der Waals surface area contributed by atoms with E-state index in [-0.39, 0.29) is 0 Å². The summed E-state index contributed by atoms with van der Waals surface area (Å²) in [6, 6.07) is 1.83. The molecule has 0 aromatic carbocycles. The topological polar surface area (TPSA) is 26.0 Å². The Hall–Kier alpha value is -0.500. The first kappa shape index (κ1) is 9.07. The Morgan fingerprint density at radius 2 is 2.15 bits per heavy atom. The molecule has 1 aromatic heterocycles. The summed E-state index contributed by atoms with van der Waals surface area (Å²) < 4.78 is 4.82. The number of nitrogens with zero attached hydrogens (tertiary/aromatic N) is 1. The van der Waals surface area contributed by atoms with Crippen molar-refractivity contribution in [1.82, 2.24) is 5.16 Å². The Kier molecular flexibility index (Phi) is 2.89. The standard InChI is InChI=1S/C10H14ClNO/c11-10-7-9(12-13-10)6-8-4-2-1-3-5-8/h7-8H,1-6H2. The van der Waals surface area contributed by atoms with E-state index in [1.54, 1.807) is 0 Å². The van der Waals surface area contributed by atoms with E-state index >= 15 is 0 Å². The second-order valence-corrected chi connectivity index (χ2v) is 4.20. The van der Waals surface area contributed by atoms with Crippen molar-refractivity contribution < 1.29 is 4.52 Å². The van der Waals surface area contributed by atoms with Gasteiger partial charge in [0.25, 0.3) is 0 Å². The molecule has 1 aromatic rings. The fourth-order valence-electron chi connectivity index (χ4n) is 2.07. The quantitative estimate of drug-likeness (QED) is 0.729. The summed E-state index contributed by atoms with van der Waals surface area (Å²) in [6.45, 7) is 0. The van der Waals surface area contributed by atoms with Crippen molar-refractivity contribution in [2.24, 2.45) is 5.92 Å². The van der Waals surface area contributed by atoms with E-state index in [4.69, 9.17) is 16.1 Å². The van der Waals surface area contributed by atoms with Gasteiger partial charge in [0.05, 0.1) is 5.69 Å². The largest absolute Gasteiger partial charge is 0.344 e. The zero-order valence-corrected chi connectivity index (χ0v) is 8.39. The molecule has 0 saturated heterocycles. The second-order valence-electron chi connectivity index (χ2n) is 3.83. The predicted molar refractivity (Wildman–Crippen MR) is 51.8 cm³/mol. The zero-order valence-electron chi connectivity index (χ0n) is 7.63. The third kappa shape index (κ3) is 2.47. The lowest BCUT2D eigenvalue weighted by atomic mass is 9.86. The fourth-order valence-corrected chi connectivity index (χ4v) is 2.23. The van der Waals surface area contributed by atoms with E-state index in [0.29, 0.717) is 5.22 Å². The van der Waals surface area contributed by atoms with E-state index in [9.17, 15) is 0 Å². The highest BCUT2D eigenvalue weighted by atomic mass is 35.5. The molecule has 0 aliphatic heterocycles. The monoisotopic (exact) mass is 199 g/mol. The van der Waals surface area contributed by atoms with Crippen LogP contribution in [0.3, 0.4) is 0 Å². The van der Waals surface area contributed by atoms with Crippen molar-refractivity contribution in [3.63, 3.8) is 0 Å². The maximum Gasteiger partial charge on any atom is 0.226 e. The van der Waals surface area contributed by atoms with E-state index in [2.05, 4.69) is 5.16 Å². The Morgan fingerprint density at radius 1 is 1.38 bits per heavy atom. The van der Waals surface area contributed by atoms with Gasteiger partial charge in [0, 0.05) is 6.07 Å². The highest BCUT2D eigenvalue weighted by molar-refractivity contribution is 6.28. The van der Waals surface area contributed by atoms with E-state index < -0.39 is 0 Å². The van der Waals surface area contributed by atoms with Crippen LogP contribution in [-0.2, 0) is 6.42 Å². The molecule has 0 atom stereocenters. The molecular weight excluding hydrogens is 186 g/mol. The lowest BCUT2D eigenvalue weighted by Crippen LogP contribution is -2.09. The Morgan fingerprint density at radius 3 is 2.77 bits per heavy atom. The van der Waals surface area contributed by atoms with Crippen LogP contribution in [0.2, 0.25) is 5.22 Å². The van der Waals surface area contributed by atoms with Crippen LogP contribution in [0, 0.1) is 5.92 Å². The fraction of sp³-hybridized carbons (Fsp3) is 0.700. The first-order valence-corrected chi connectivity index (χ1v) is 5.33. The van der Waals surface area contributed by atoms with Gasteiger partial charge in [-0.05, 0) is 23.9 Å². The van der Waals surface area contributed by atoms with Crippen LogP contribution in [0.4, 0.5) is 0 Å². The molecule has 2 rings (SSSR count). The van der Waals surface area contributed by atoms with Gasteiger partial charge in [-0.3, -0.25) is 0 Å². The molecule has 72 valence electrons. The molecule has 1 saturated carbocycles. The summed E-state index contributed by atoms with van der Waals surface area (Å²) in [6.07, 6.45) is 7.85. The number of hydrogen-bond acceptors (Lipinski definition) is 2. The number of rotatable bonds is 2. The van der Waals surface area contributed by atoms with E-state index in [1.807, 2.05) is 6.07 Å². The van der Waals surface area contributed by atoms with Crippen LogP contribution in [0.15, 0.2) is 10.6 Å². The van der Waals surface area contributed by atoms with Gasteiger partial charge in [0.15, 0.2) is 0 Å². The normalized spacial score (nSPS) is 19.2. The zero-order chi connectivity index (χ0) is 9.10. The maximum absolute atomic E-state index is 5.65. The molecular formula is C10H14ClNO. The van der Waals surface area contributed by atoms with Crippen molar-refractivity contribution in [3.05, 3.63) is 17.0 Å². The average molecular weight is 200 g/mol. The molecule has 1 fully saturated rings.